The molecule has 4 rings (SSSR count). The van der Waals surface area contributed by atoms with Gasteiger partial charge in [0, 0.05) is 16.1 Å². The third-order valence-electron chi connectivity index (χ3n) is 4.88. The van der Waals surface area contributed by atoms with E-state index in [1.165, 1.54) is 11.8 Å². The molecule has 0 aliphatic heterocycles. The van der Waals surface area contributed by atoms with E-state index in [0.717, 1.165) is 33.0 Å². The Morgan fingerprint density at radius 2 is 1.88 bits per heavy atom. The van der Waals surface area contributed by atoms with Crippen LogP contribution >= 0.6 is 23.1 Å². The third kappa shape index (κ3) is 5.50. The molecule has 0 fully saturated rings. The average molecular weight is 478 g/mol. The molecule has 0 aliphatic rings. The topological polar surface area (TPSA) is 81.4 Å². The second kappa shape index (κ2) is 10.5. The zero-order valence-electron chi connectivity index (χ0n) is 18.5. The lowest BCUT2D eigenvalue weighted by Gasteiger charge is -2.11. The molecular weight excluding hydrogens is 454 g/mol. The highest BCUT2D eigenvalue weighted by Gasteiger charge is 2.17. The molecule has 0 saturated carbocycles. The molecule has 2 aromatic carbocycles. The number of nitrogens with zero attached hydrogens (tertiary/aromatic N) is 4. The monoisotopic (exact) mass is 477 g/mol. The van der Waals surface area contributed by atoms with Crippen LogP contribution in [0, 0.1) is 13.8 Å². The average Bonchev–Trinajstić information content (AvgIpc) is 3.44. The number of benzene rings is 2. The first-order valence-electron chi connectivity index (χ1n) is 10.2. The van der Waals surface area contributed by atoms with Crippen LogP contribution in [-0.4, -0.2) is 39.7 Å². The number of thiophene rings is 1. The van der Waals surface area contributed by atoms with Crippen LogP contribution in [0.5, 0.6) is 5.75 Å². The van der Waals surface area contributed by atoms with Gasteiger partial charge in [-0.2, -0.15) is 5.10 Å². The summed E-state index contributed by atoms with van der Waals surface area (Å²) in [6.45, 7) is 4.05. The Labute approximate surface area is 200 Å². The smallest absolute Gasteiger partial charge is 0.250 e. The Balaban J connectivity index is 1.54. The van der Waals surface area contributed by atoms with E-state index in [9.17, 15) is 4.79 Å². The number of thioether (sulfide) groups is 1. The molecule has 2 heterocycles. The summed E-state index contributed by atoms with van der Waals surface area (Å²) in [5.74, 6) is 1.41. The van der Waals surface area contributed by atoms with E-state index in [2.05, 4.69) is 20.7 Å². The molecule has 9 heteroatoms. The van der Waals surface area contributed by atoms with Crippen molar-refractivity contribution >= 4 is 35.2 Å². The van der Waals surface area contributed by atoms with Gasteiger partial charge in [0.25, 0.3) is 5.91 Å². The van der Waals surface area contributed by atoms with Crippen LogP contribution in [0.3, 0.4) is 0 Å². The van der Waals surface area contributed by atoms with Gasteiger partial charge in [-0.15, -0.1) is 21.5 Å². The molecule has 0 saturated heterocycles. The number of hydrazone groups is 1. The molecule has 4 aromatic rings. The zero-order valence-corrected chi connectivity index (χ0v) is 20.1. The maximum Gasteiger partial charge on any atom is 0.250 e. The fraction of sp³-hybridized carbons (Fsp3) is 0.167. The van der Waals surface area contributed by atoms with Crippen LogP contribution in [0.2, 0.25) is 0 Å². The van der Waals surface area contributed by atoms with Crippen molar-refractivity contribution in [2.75, 3.05) is 12.9 Å². The summed E-state index contributed by atoms with van der Waals surface area (Å²) < 4.78 is 7.22. The van der Waals surface area contributed by atoms with Crippen LogP contribution < -0.4 is 10.2 Å². The predicted octanol–water partition coefficient (Wildman–Crippen LogP) is 4.86. The number of methoxy groups -OCH3 is 1. The lowest BCUT2D eigenvalue weighted by Crippen LogP contribution is -2.20. The Hall–Kier alpha value is -3.43. The van der Waals surface area contributed by atoms with Gasteiger partial charge in [-0.05, 0) is 67.3 Å². The molecule has 7 nitrogen and oxygen atoms in total. The van der Waals surface area contributed by atoms with Crippen LogP contribution in [0.4, 0.5) is 0 Å². The molecule has 0 radical (unpaired) electrons. The van der Waals surface area contributed by atoms with E-state index in [1.54, 1.807) is 24.7 Å². The maximum absolute atomic E-state index is 12.4. The van der Waals surface area contributed by atoms with E-state index >= 15 is 0 Å². The second-order valence-electron chi connectivity index (χ2n) is 7.26. The zero-order chi connectivity index (χ0) is 23.2. The van der Waals surface area contributed by atoms with Gasteiger partial charge in [0.05, 0.1) is 19.1 Å². The van der Waals surface area contributed by atoms with Gasteiger partial charge in [0.15, 0.2) is 11.0 Å². The maximum atomic E-state index is 12.4. The molecule has 2 aromatic heterocycles. The lowest BCUT2D eigenvalue weighted by atomic mass is 10.2. The van der Waals surface area contributed by atoms with Crippen molar-refractivity contribution in [1.29, 1.82) is 0 Å². The van der Waals surface area contributed by atoms with Crippen molar-refractivity contribution < 1.29 is 9.53 Å². The van der Waals surface area contributed by atoms with Gasteiger partial charge in [0.2, 0.25) is 0 Å². The van der Waals surface area contributed by atoms with Crippen molar-refractivity contribution in [3.05, 3.63) is 76.0 Å². The number of hydrogen-bond acceptors (Lipinski definition) is 7. The van der Waals surface area contributed by atoms with Gasteiger partial charge < -0.3 is 4.74 Å². The summed E-state index contributed by atoms with van der Waals surface area (Å²) in [6.07, 6.45) is 1.67. The largest absolute Gasteiger partial charge is 0.497 e. The van der Waals surface area contributed by atoms with Gasteiger partial charge in [-0.1, -0.05) is 29.5 Å². The third-order valence-corrected chi connectivity index (χ3v) is 6.76. The highest BCUT2D eigenvalue weighted by atomic mass is 32.2. The molecule has 0 bridgehead atoms. The summed E-state index contributed by atoms with van der Waals surface area (Å²) in [4.78, 5) is 13.4. The molecule has 168 valence electrons. The van der Waals surface area contributed by atoms with Crippen LogP contribution in [-0.2, 0) is 4.79 Å². The Kier molecular flexibility index (Phi) is 7.21. The van der Waals surface area contributed by atoms with Gasteiger partial charge in [-0.25, -0.2) is 5.43 Å². The summed E-state index contributed by atoms with van der Waals surface area (Å²) in [7, 11) is 1.63. The van der Waals surface area contributed by atoms with E-state index in [0.29, 0.717) is 11.0 Å². The molecule has 0 atom stereocenters. The molecule has 0 aliphatic carbocycles. The van der Waals surface area contributed by atoms with Crippen LogP contribution in [0.1, 0.15) is 16.0 Å². The van der Waals surface area contributed by atoms with E-state index in [4.69, 9.17) is 4.74 Å². The summed E-state index contributed by atoms with van der Waals surface area (Å²) >= 11 is 2.89. The minimum atomic E-state index is -0.213. The number of aryl methyl sites for hydroxylation is 2. The summed E-state index contributed by atoms with van der Waals surface area (Å²) in [6, 6.07) is 17.8. The lowest BCUT2D eigenvalue weighted by molar-refractivity contribution is -0.118. The highest BCUT2D eigenvalue weighted by Crippen LogP contribution is 2.29. The Morgan fingerprint density at radius 1 is 1.12 bits per heavy atom. The number of carbonyl (C=O) groups is 1. The van der Waals surface area contributed by atoms with Crippen LogP contribution in [0.15, 0.2) is 70.2 Å². The molecule has 1 N–H and O–H groups in total. The summed E-state index contributed by atoms with van der Waals surface area (Å²) in [5.41, 5.74) is 6.69. The number of rotatable bonds is 8. The Bertz CT molecular complexity index is 1260. The number of amides is 1. The number of carbonyl (C=O) groups excluding carboxylic acids is 1. The van der Waals surface area contributed by atoms with E-state index < -0.39 is 0 Å². The van der Waals surface area contributed by atoms with E-state index in [1.807, 2.05) is 78.4 Å². The second-order valence-corrected chi connectivity index (χ2v) is 9.15. The predicted molar refractivity (Wildman–Crippen MR) is 134 cm³/mol. The number of aromatic nitrogens is 3. The molecule has 0 spiro atoms. The number of nitrogens with one attached hydrogen (secondary N) is 1. The number of hydrogen-bond donors (Lipinski definition) is 1. The molecule has 1 amide bonds. The van der Waals surface area contributed by atoms with Gasteiger partial charge in [0.1, 0.15) is 5.75 Å². The summed E-state index contributed by atoms with van der Waals surface area (Å²) in [5, 5.41) is 15.5. The van der Waals surface area contributed by atoms with Crippen molar-refractivity contribution in [1.82, 2.24) is 20.2 Å². The first-order chi connectivity index (χ1) is 16.0. The Morgan fingerprint density at radius 3 is 2.55 bits per heavy atom. The van der Waals surface area contributed by atoms with Crippen molar-refractivity contribution in [3.8, 4) is 22.8 Å². The molecule has 0 unspecified atom stereocenters. The number of ether oxygens (including phenoxy) is 1. The normalized spacial score (nSPS) is 11.1. The van der Waals surface area contributed by atoms with Crippen LogP contribution in [0.25, 0.3) is 17.1 Å². The standard InChI is InChI=1S/C24H23N5O2S2/c1-16-4-8-19(9-5-16)29-23(18-6-10-20(31-3)11-7-18)27-28-24(29)33-15-22(30)26-25-14-21-17(2)12-13-32-21/h4-14H,15H2,1-3H3,(H,26,30)/b25-14+. The minimum absolute atomic E-state index is 0.160. The first kappa shape index (κ1) is 22.8. The minimum Gasteiger partial charge on any atom is -0.497 e. The fourth-order valence-corrected chi connectivity index (χ4v) is 4.59. The highest BCUT2D eigenvalue weighted by molar-refractivity contribution is 7.99. The van der Waals surface area contributed by atoms with Crippen molar-refractivity contribution in [3.63, 3.8) is 0 Å². The SMILES string of the molecule is COc1ccc(-c2nnc(SCC(=O)N/N=C/c3sccc3C)n2-c2ccc(C)cc2)cc1. The van der Waals surface area contributed by atoms with Crippen molar-refractivity contribution in [2.24, 2.45) is 5.10 Å². The van der Waals surface area contributed by atoms with Gasteiger partial charge in [-0.3, -0.25) is 9.36 Å². The van der Waals surface area contributed by atoms with E-state index in [-0.39, 0.29) is 11.7 Å². The van der Waals surface area contributed by atoms with Crippen molar-refractivity contribution in [2.45, 2.75) is 19.0 Å². The first-order valence-corrected chi connectivity index (χ1v) is 12.1. The van der Waals surface area contributed by atoms with Gasteiger partial charge >= 0.3 is 0 Å². The fourth-order valence-electron chi connectivity index (χ4n) is 3.06. The molecular formula is C24H23N5O2S2. The quantitative estimate of drug-likeness (QED) is 0.223. The molecule has 33 heavy (non-hydrogen) atoms.